The van der Waals surface area contributed by atoms with Crippen molar-refractivity contribution in [1.29, 1.82) is 5.26 Å². The third-order valence-corrected chi connectivity index (χ3v) is 8.95. The lowest BCUT2D eigenvalue weighted by atomic mass is 9.58. The molecule has 9 nitrogen and oxygen atoms in total. The topological polar surface area (TPSA) is 113 Å². The van der Waals surface area contributed by atoms with E-state index in [4.69, 9.17) is 28.7 Å². The van der Waals surface area contributed by atoms with Crippen LogP contribution < -0.4 is 0 Å². The second-order valence-electron chi connectivity index (χ2n) is 10.8. The summed E-state index contributed by atoms with van der Waals surface area (Å²) in [6, 6.07) is 8.88. The van der Waals surface area contributed by atoms with Crippen LogP contribution in [0.4, 0.5) is 0 Å². The Labute approximate surface area is 224 Å². The zero-order valence-corrected chi connectivity index (χ0v) is 22.8. The van der Waals surface area contributed by atoms with Crippen molar-refractivity contribution < 1.29 is 38.3 Å². The molecule has 10 heteroatoms. The van der Waals surface area contributed by atoms with Crippen molar-refractivity contribution in [2.24, 2.45) is 23.7 Å². The number of benzene rings is 1. The lowest BCUT2D eigenvalue weighted by Gasteiger charge is -2.59. The fraction of sp³-hybridized carbons (Fsp3) is 0.667. The number of esters is 2. The average Bonchev–Trinajstić information content (AvgIpc) is 3.11. The molecule has 9 atom stereocenters. The Morgan fingerprint density at radius 2 is 1.84 bits per heavy atom. The van der Waals surface area contributed by atoms with Gasteiger partial charge in [-0.3, -0.25) is 9.59 Å². The predicted molar refractivity (Wildman–Crippen MR) is 131 cm³/mol. The molecule has 0 amide bonds. The molecule has 1 aromatic carbocycles. The average molecular weight is 578 g/mol. The van der Waals surface area contributed by atoms with Crippen LogP contribution in [0.1, 0.15) is 71.0 Å². The van der Waals surface area contributed by atoms with E-state index in [-0.39, 0.29) is 30.6 Å². The number of carbonyl (C=O) groups excluding carboxylic acids is 2. The van der Waals surface area contributed by atoms with E-state index in [1.54, 1.807) is 24.3 Å². The Balaban J connectivity index is 1.20. The van der Waals surface area contributed by atoms with Crippen molar-refractivity contribution in [2.75, 3.05) is 0 Å². The van der Waals surface area contributed by atoms with Crippen LogP contribution in [0.3, 0.4) is 0 Å². The molecule has 0 radical (unpaired) electrons. The summed E-state index contributed by atoms with van der Waals surface area (Å²) in [6.07, 6.45) is 0.527. The first-order valence-electron chi connectivity index (χ1n) is 12.9. The van der Waals surface area contributed by atoms with Gasteiger partial charge in [0.05, 0.1) is 12.8 Å². The number of rotatable bonds is 6. The van der Waals surface area contributed by atoms with E-state index >= 15 is 0 Å². The molecule has 1 spiro atoms. The van der Waals surface area contributed by atoms with Crippen molar-refractivity contribution in [3.63, 3.8) is 0 Å². The molecule has 1 aromatic rings. The second kappa shape index (κ2) is 10.3. The fourth-order valence-corrected chi connectivity index (χ4v) is 6.66. The number of fused-ring (bicyclic) bond motifs is 2. The molecule has 37 heavy (non-hydrogen) atoms. The van der Waals surface area contributed by atoms with Crippen molar-refractivity contribution in [1.82, 2.24) is 0 Å². The van der Waals surface area contributed by atoms with Crippen LogP contribution in [0.5, 0.6) is 0 Å². The zero-order chi connectivity index (χ0) is 26.4. The smallest absolute Gasteiger partial charge is 0.308 e. The number of hydrogen-bond donors (Lipinski definition) is 0. The minimum absolute atomic E-state index is 0.0279. The maximum Gasteiger partial charge on any atom is 0.308 e. The highest BCUT2D eigenvalue weighted by molar-refractivity contribution is 9.10. The van der Waals surface area contributed by atoms with Gasteiger partial charge in [0, 0.05) is 28.3 Å². The molecule has 6 rings (SSSR count). The summed E-state index contributed by atoms with van der Waals surface area (Å²) >= 11 is 3.33. The summed E-state index contributed by atoms with van der Waals surface area (Å²) in [5.74, 6) is -1.63. The summed E-state index contributed by atoms with van der Waals surface area (Å²) < 4.78 is 24.4. The Morgan fingerprint density at radius 3 is 2.57 bits per heavy atom. The van der Waals surface area contributed by atoms with E-state index in [1.807, 2.05) is 19.9 Å². The zero-order valence-electron chi connectivity index (χ0n) is 21.2. The predicted octanol–water partition coefficient (Wildman–Crippen LogP) is 5.09. The summed E-state index contributed by atoms with van der Waals surface area (Å²) in [5.41, 5.74) is -0.184. The molecule has 4 saturated heterocycles. The molecule has 200 valence electrons. The van der Waals surface area contributed by atoms with Gasteiger partial charge in [-0.05, 0) is 50.2 Å². The van der Waals surface area contributed by atoms with E-state index in [2.05, 4.69) is 22.9 Å². The van der Waals surface area contributed by atoms with Crippen LogP contribution in [0.2, 0.25) is 0 Å². The van der Waals surface area contributed by atoms with Crippen LogP contribution >= 0.6 is 15.9 Å². The molecule has 1 aliphatic carbocycles. The van der Waals surface area contributed by atoms with Gasteiger partial charge < -0.3 is 18.9 Å². The number of ether oxygens (including phenoxy) is 4. The van der Waals surface area contributed by atoms with Crippen molar-refractivity contribution in [3.8, 4) is 6.07 Å². The third-order valence-electron chi connectivity index (χ3n) is 8.42. The molecule has 3 unspecified atom stereocenters. The molecule has 1 saturated carbocycles. The largest absolute Gasteiger partial charge is 0.442 e. The van der Waals surface area contributed by atoms with Crippen LogP contribution in [-0.2, 0) is 38.3 Å². The van der Waals surface area contributed by atoms with E-state index in [0.717, 1.165) is 23.7 Å². The van der Waals surface area contributed by atoms with Crippen LogP contribution in [0.25, 0.3) is 0 Å². The first-order valence-corrected chi connectivity index (χ1v) is 13.7. The first-order chi connectivity index (χ1) is 17.6. The molecule has 5 fully saturated rings. The van der Waals surface area contributed by atoms with E-state index in [1.165, 1.54) is 0 Å². The van der Waals surface area contributed by atoms with Gasteiger partial charge >= 0.3 is 11.9 Å². The Morgan fingerprint density at radius 1 is 1.11 bits per heavy atom. The summed E-state index contributed by atoms with van der Waals surface area (Å²) in [7, 11) is 0. The van der Waals surface area contributed by atoms with Crippen molar-refractivity contribution >= 4 is 27.9 Å². The number of hydrogen-bond acceptors (Lipinski definition) is 9. The van der Waals surface area contributed by atoms with Gasteiger partial charge in [-0.25, -0.2) is 9.78 Å². The quantitative estimate of drug-likeness (QED) is 0.337. The lowest BCUT2D eigenvalue weighted by Crippen LogP contribution is -2.70. The monoisotopic (exact) mass is 577 g/mol. The highest BCUT2D eigenvalue weighted by Gasteiger charge is 2.69. The van der Waals surface area contributed by atoms with Gasteiger partial charge in [-0.15, -0.1) is 0 Å². The van der Waals surface area contributed by atoms with Gasteiger partial charge in [0.2, 0.25) is 18.2 Å². The second-order valence-corrected chi connectivity index (χ2v) is 11.7. The number of nitriles is 1. The fourth-order valence-electron chi connectivity index (χ4n) is 6.40. The highest BCUT2D eigenvalue weighted by Crippen LogP contribution is 2.60. The maximum absolute atomic E-state index is 12.7. The van der Waals surface area contributed by atoms with Gasteiger partial charge in [0.15, 0.2) is 11.9 Å². The summed E-state index contributed by atoms with van der Waals surface area (Å²) in [6.45, 7) is 6.07. The Bertz CT molecular complexity index is 1080. The maximum atomic E-state index is 12.7. The van der Waals surface area contributed by atoms with Crippen molar-refractivity contribution in [3.05, 3.63) is 34.3 Å². The van der Waals surface area contributed by atoms with Crippen LogP contribution in [0.15, 0.2) is 28.7 Å². The van der Waals surface area contributed by atoms with Crippen LogP contribution in [-0.4, -0.2) is 35.9 Å². The molecular formula is C27H32BrNO8. The minimum atomic E-state index is -1.05. The number of nitrogens with zero attached hydrogens (tertiary/aromatic N) is 1. The Hall–Kier alpha value is -2.03. The van der Waals surface area contributed by atoms with Gasteiger partial charge in [0.25, 0.3) is 0 Å². The number of halogens is 1. The molecule has 4 aliphatic heterocycles. The molecule has 4 heterocycles. The highest BCUT2D eigenvalue weighted by atomic mass is 79.9. The van der Waals surface area contributed by atoms with Gasteiger partial charge in [-0.2, -0.15) is 5.26 Å². The van der Waals surface area contributed by atoms with E-state index < -0.39 is 42.0 Å². The van der Waals surface area contributed by atoms with E-state index in [9.17, 15) is 14.9 Å². The molecule has 2 bridgehead atoms. The minimum Gasteiger partial charge on any atom is -0.442 e. The normalized spacial score (nSPS) is 39.0. The van der Waals surface area contributed by atoms with E-state index in [0.29, 0.717) is 17.9 Å². The van der Waals surface area contributed by atoms with Crippen molar-refractivity contribution in [2.45, 2.75) is 89.4 Å². The standard InChI is InChI=1S/C27H32BrNO8/c1-15-4-9-20-16(2)24(34-25-27(20)19(15)12-13-26(3,35-25)36-37-27)33-23(31)11-10-22(30)32-21(14-29)17-5-7-18(28)8-6-17/h5-8,15-16,19-21,24-25H,4,9-13H2,1-3H3/t15-,16-,19?,20?,21?,24-,25-,26+,27-/m1/s1. The van der Waals surface area contributed by atoms with Crippen LogP contribution in [0, 0.1) is 35.0 Å². The summed E-state index contributed by atoms with van der Waals surface area (Å²) in [5, 5.41) is 9.41. The third kappa shape index (κ3) is 4.92. The van der Waals surface area contributed by atoms with Gasteiger partial charge in [0.1, 0.15) is 6.07 Å². The molecule has 5 aliphatic rings. The lowest BCUT2D eigenvalue weighted by molar-refractivity contribution is -0.576. The first kappa shape index (κ1) is 26.6. The van der Waals surface area contributed by atoms with Gasteiger partial charge in [-0.1, -0.05) is 41.9 Å². The SMILES string of the molecule is C[C@@H]1CCC2[C@@H](C)[C@H](OC(=O)CCC(=O)OC(C#N)c3ccc(Br)cc3)O[C@@H]3O[C@]4(C)CCC1[C@@]23OO4. The molecule has 0 N–H and O–H groups in total. The summed E-state index contributed by atoms with van der Waals surface area (Å²) in [4.78, 5) is 37.0. The number of carbonyl (C=O) groups is 2. The molecular weight excluding hydrogens is 546 g/mol. The molecule has 0 aromatic heterocycles. The Kier molecular flexibility index (Phi) is 7.37.